The second-order valence-electron chi connectivity index (χ2n) is 9.06. The van der Waals surface area contributed by atoms with Crippen molar-refractivity contribution in [2.75, 3.05) is 31.2 Å². The molecule has 3 unspecified atom stereocenters. The Bertz CT molecular complexity index is 1430. The number of anilines is 1. The normalized spacial score (nSPS) is 23.2. The molecule has 3 aromatic rings. The van der Waals surface area contributed by atoms with Gasteiger partial charge in [-0.05, 0) is 29.8 Å². The van der Waals surface area contributed by atoms with E-state index in [4.69, 9.17) is 16.3 Å². The summed E-state index contributed by atoms with van der Waals surface area (Å²) >= 11 is 8.30. The molecule has 11 heteroatoms. The SMILES string of the molecule is O=C(Cn1c2c(sc1=O)C(c1ccccc1)C1C(=O)N(c3ccc(Cl)cc3)C(=O)C1S2)N1CCOCC1. The fraction of sp³-hybridized carbons (Fsp3) is 0.308. The summed E-state index contributed by atoms with van der Waals surface area (Å²) in [5.74, 6) is -1.96. The van der Waals surface area contributed by atoms with E-state index in [-0.39, 0.29) is 29.1 Å². The maximum Gasteiger partial charge on any atom is 0.308 e. The average molecular weight is 556 g/mol. The van der Waals surface area contributed by atoms with Gasteiger partial charge in [-0.2, -0.15) is 0 Å². The number of imide groups is 1. The number of ether oxygens (including phenoxy) is 1. The van der Waals surface area contributed by atoms with Gasteiger partial charge in [-0.25, -0.2) is 4.90 Å². The molecule has 3 aliphatic rings. The molecule has 37 heavy (non-hydrogen) atoms. The molecule has 190 valence electrons. The predicted octanol–water partition coefficient (Wildman–Crippen LogP) is 3.22. The van der Waals surface area contributed by atoms with Crippen LogP contribution in [0.25, 0.3) is 0 Å². The number of thiazole rings is 1. The van der Waals surface area contributed by atoms with Gasteiger partial charge in [-0.1, -0.05) is 65.0 Å². The first-order valence-corrected chi connectivity index (χ1v) is 14.0. The van der Waals surface area contributed by atoms with Crippen LogP contribution in [-0.2, 0) is 25.7 Å². The highest BCUT2D eigenvalue weighted by atomic mass is 35.5. The minimum absolute atomic E-state index is 0.112. The first-order valence-electron chi connectivity index (χ1n) is 11.9. The van der Waals surface area contributed by atoms with Crippen LogP contribution >= 0.6 is 34.7 Å². The molecule has 0 N–H and O–H groups in total. The lowest BCUT2D eigenvalue weighted by Crippen LogP contribution is -2.43. The van der Waals surface area contributed by atoms with E-state index in [0.29, 0.717) is 42.0 Å². The molecule has 6 rings (SSSR count). The highest BCUT2D eigenvalue weighted by Gasteiger charge is 2.56. The third-order valence-corrected chi connectivity index (χ3v) is 9.81. The Balaban J connectivity index is 1.42. The topological polar surface area (TPSA) is 88.9 Å². The van der Waals surface area contributed by atoms with Gasteiger partial charge in [-0.15, -0.1) is 0 Å². The Hall–Kier alpha value is -2.92. The molecule has 8 nitrogen and oxygen atoms in total. The number of nitrogens with zero attached hydrogens (tertiary/aromatic N) is 3. The maximum absolute atomic E-state index is 13.8. The highest BCUT2D eigenvalue weighted by Crippen LogP contribution is 2.53. The summed E-state index contributed by atoms with van der Waals surface area (Å²) < 4.78 is 6.81. The second kappa shape index (κ2) is 9.75. The number of amides is 3. The van der Waals surface area contributed by atoms with Crippen LogP contribution in [0.4, 0.5) is 5.69 Å². The number of hydrogen-bond donors (Lipinski definition) is 0. The quantitative estimate of drug-likeness (QED) is 0.459. The highest BCUT2D eigenvalue weighted by molar-refractivity contribution is 8.00. The van der Waals surface area contributed by atoms with Crippen LogP contribution in [0.5, 0.6) is 0 Å². The predicted molar refractivity (Wildman–Crippen MR) is 141 cm³/mol. The van der Waals surface area contributed by atoms with Crippen molar-refractivity contribution in [3.63, 3.8) is 0 Å². The number of aromatic nitrogens is 1. The van der Waals surface area contributed by atoms with Crippen molar-refractivity contribution >= 4 is 58.1 Å². The summed E-state index contributed by atoms with van der Waals surface area (Å²) in [5.41, 5.74) is 1.32. The van der Waals surface area contributed by atoms with Gasteiger partial charge in [0.05, 0.1) is 29.8 Å². The summed E-state index contributed by atoms with van der Waals surface area (Å²) in [5, 5.41) is 0.373. The third-order valence-electron chi connectivity index (χ3n) is 6.95. The number of hydrogen-bond acceptors (Lipinski definition) is 7. The van der Waals surface area contributed by atoms with E-state index >= 15 is 0 Å². The number of carbonyl (C=O) groups excluding carboxylic acids is 3. The van der Waals surface area contributed by atoms with Crippen LogP contribution < -0.4 is 9.77 Å². The van der Waals surface area contributed by atoms with Crippen molar-refractivity contribution in [1.29, 1.82) is 0 Å². The van der Waals surface area contributed by atoms with Gasteiger partial charge in [0.15, 0.2) is 0 Å². The molecular formula is C26H22ClN3O5S2. The number of rotatable bonds is 4. The zero-order chi connectivity index (χ0) is 25.7. The number of morpholine rings is 1. The minimum Gasteiger partial charge on any atom is -0.378 e. The fourth-order valence-electron chi connectivity index (χ4n) is 5.17. The van der Waals surface area contributed by atoms with Gasteiger partial charge in [0.2, 0.25) is 17.7 Å². The second-order valence-corrected chi connectivity index (χ2v) is 11.6. The lowest BCUT2D eigenvalue weighted by molar-refractivity contribution is -0.136. The van der Waals surface area contributed by atoms with Crippen molar-refractivity contribution in [3.05, 3.63) is 79.7 Å². The standard InChI is InChI=1S/C26H22ClN3O5S2/c27-16-6-8-17(9-7-16)30-23(32)20-19(15-4-2-1-3-5-15)22-25(36-21(20)24(30)33)29(26(34)37-22)14-18(31)28-10-12-35-13-11-28/h1-9,19-21H,10-14H2. The van der Waals surface area contributed by atoms with Gasteiger partial charge < -0.3 is 9.64 Å². The molecule has 0 aliphatic carbocycles. The molecule has 1 aromatic heterocycles. The molecule has 0 bridgehead atoms. The van der Waals surface area contributed by atoms with Crippen LogP contribution in [0.15, 0.2) is 64.4 Å². The van der Waals surface area contributed by atoms with Crippen molar-refractivity contribution < 1.29 is 19.1 Å². The van der Waals surface area contributed by atoms with Crippen molar-refractivity contribution in [2.45, 2.75) is 22.7 Å². The minimum atomic E-state index is -0.723. The first-order chi connectivity index (χ1) is 17.9. The van der Waals surface area contributed by atoms with Crippen LogP contribution in [0, 0.1) is 5.92 Å². The molecule has 3 atom stereocenters. The summed E-state index contributed by atoms with van der Waals surface area (Å²) in [6.07, 6.45) is 0. The smallest absolute Gasteiger partial charge is 0.308 e. The largest absolute Gasteiger partial charge is 0.378 e. The van der Waals surface area contributed by atoms with Crippen LogP contribution in [0.3, 0.4) is 0 Å². The van der Waals surface area contributed by atoms with E-state index in [9.17, 15) is 19.2 Å². The molecule has 2 saturated heterocycles. The Labute approximate surface area is 225 Å². The van der Waals surface area contributed by atoms with Crippen LogP contribution in [0.1, 0.15) is 16.4 Å². The van der Waals surface area contributed by atoms with Gasteiger partial charge in [0.1, 0.15) is 11.8 Å². The number of halogens is 1. The van der Waals surface area contributed by atoms with Crippen molar-refractivity contribution in [3.8, 4) is 0 Å². The van der Waals surface area contributed by atoms with E-state index in [1.807, 2.05) is 30.3 Å². The molecule has 4 heterocycles. The zero-order valence-electron chi connectivity index (χ0n) is 19.5. The Morgan fingerprint density at radius 1 is 0.973 bits per heavy atom. The van der Waals surface area contributed by atoms with E-state index < -0.39 is 17.1 Å². The molecule has 3 amide bonds. The van der Waals surface area contributed by atoms with E-state index in [0.717, 1.165) is 21.8 Å². The van der Waals surface area contributed by atoms with Crippen LogP contribution in [-0.4, -0.2) is 58.7 Å². The van der Waals surface area contributed by atoms with Crippen LogP contribution in [0.2, 0.25) is 5.02 Å². The summed E-state index contributed by atoms with van der Waals surface area (Å²) in [7, 11) is 0. The average Bonchev–Trinajstić information content (AvgIpc) is 3.36. The number of fused-ring (bicyclic) bond motifs is 2. The summed E-state index contributed by atoms with van der Waals surface area (Å²) in [4.78, 5) is 57.1. The number of carbonyl (C=O) groups is 3. The lowest BCUT2D eigenvalue weighted by Gasteiger charge is -2.31. The molecule has 2 aromatic carbocycles. The molecule has 0 spiro atoms. The number of benzene rings is 2. The summed E-state index contributed by atoms with van der Waals surface area (Å²) in [6, 6.07) is 16.1. The molecule has 0 radical (unpaired) electrons. The molecule has 2 fully saturated rings. The summed E-state index contributed by atoms with van der Waals surface area (Å²) in [6.45, 7) is 1.78. The molecular weight excluding hydrogens is 534 g/mol. The van der Waals surface area contributed by atoms with Crippen molar-refractivity contribution in [1.82, 2.24) is 9.47 Å². The zero-order valence-corrected chi connectivity index (χ0v) is 21.9. The number of thioether (sulfide) groups is 1. The van der Waals surface area contributed by atoms with E-state index in [2.05, 4.69) is 0 Å². The third kappa shape index (κ3) is 4.21. The van der Waals surface area contributed by atoms with Gasteiger partial charge in [-0.3, -0.25) is 23.7 Å². The van der Waals surface area contributed by atoms with E-state index in [1.165, 1.54) is 21.2 Å². The Morgan fingerprint density at radius 2 is 1.68 bits per heavy atom. The van der Waals surface area contributed by atoms with Gasteiger partial charge in [0.25, 0.3) is 0 Å². The maximum atomic E-state index is 13.8. The fourth-order valence-corrected chi connectivity index (χ4v) is 8.07. The lowest BCUT2D eigenvalue weighted by atomic mass is 9.83. The van der Waals surface area contributed by atoms with Gasteiger partial charge >= 0.3 is 4.87 Å². The first kappa shape index (κ1) is 24.4. The monoisotopic (exact) mass is 555 g/mol. The Morgan fingerprint density at radius 3 is 2.38 bits per heavy atom. The Kier molecular flexibility index (Phi) is 6.44. The van der Waals surface area contributed by atoms with Crippen molar-refractivity contribution in [2.24, 2.45) is 5.92 Å². The molecule has 3 aliphatic heterocycles. The van der Waals surface area contributed by atoms with E-state index in [1.54, 1.807) is 29.2 Å². The van der Waals surface area contributed by atoms with Gasteiger partial charge in [0, 0.05) is 28.9 Å². The molecule has 0 saturated carbocycles.